The topological polar surface area (TPSA) is 46.3 Å². The second kappa shape index (κ2) is 4.30. The first-order valence-corrected chi connectivity index (χ1v) is 7.17. The van der Waals surface area contributed by atoms with Crippen LogP contribution in [-0.4, -0.2) is 17.4 Å². The summed E-state index contributed by atoms with van der Waals surface area (Å²) < 4.78 is 0. The summed E-state index contributed by atoms with van der Waals surface area (Å²) in [5.74, 6) is 0.102. The second-order valence-corrected chi connectivity index (χ2v) is 6.08. The van der Waals surface area contributed by atoms with Crippen molar-refractivity contribution in [3.05, 3.63) is 29.3 Å². The first-order valence-electron chi connectivity index (χ1n) is 6.76. The van der Waals surface area contributed by atoms with Crippen LogP contribution in [0.4, 0.5) is 5.69 Å². The lowest BCUT2D eigenvalue weighted by Crippen LogP contribution is -2.45. The van der Waals surface area contributed by atoms with Crippen molar-refractivity contribution in [2.75, 3.05) is 11.4 Å². The molecule has 1 amide bonds. The summed E-state index contributed by atoms with van der Waals surface area (Å²) in [5, 5.41) is 0. The van der Waals surface area contributed by atoms with Crippen LogP contribution in [0.5, 0.6) is 0 Å². The first-order chi connectivity index (χ1) is 9.04. The van der Waals surface area contributed by atoms with Gasteiger partial charge in [0.15, 0.2) is 0 Å². The summed E-state index contributed by atoms with van der Waals surface area (Å²) >= 11 is 5.09. The minimum Gasteiger partial charge on any atom is -0.392 e. The molecule has 100 valence electrons. The molecule has 0 saturated heterocycles. The molecule has 1 aliphatic heterocycles. The molecule has 2 aliphatic rings. The van der Waals surface area contributed by atoms with E-state index in [1.54, 1.807) is 0 Å². The van der Waals surface area contributed by atoms with Gasteiger partial charge in [-0.25, -0.2) is 0 Å². The van der Waals surface area contributed by atoms with Crippen LogP contribution < -0.4 is 10.6 Å². The highest BCUT2D eigenvalue weighted by molar-refractivity contribution is 7.80. The zero-order valence-electron chi connectivity index (χ0n) is 11.1. The van der Waals surface area contributed by atoms with Crippen molar-refractivity contribution in [1.82, 2.24) is 0 Å². The average Bonchev–Trinajstić information content (AvgIpc) is 3.18. The predicted molar refractivity (Wildman–Crippen MR) is 80.3 cm³/mol. The molecule has 1 aromatic rings. The number of nitrogens with zero attached hydrogens (tertiary/aromatic N) is 1. The lowest BCUT2D eigenvalue weighted by molar-refractivity contribution is -0.121. The smallest absolute Gasteiger partial charge is 0.240 e. The summed E-state index contributed by atoms with van der Waals surface area (Å²) in [6, 6.07) is 6.29. The first kappa shape index (κ1) is 12.6. The van der Waals surface area contributed by atoms with Crippen molar-refractivity contribution in [3.8, 4) is 0 Å². The Morgan fingerprint density at radius 3 is 2.79 bits per heavy atom. The summed E-state index contributed by atoms with van der Waals surface area (Å²) in [5.41, 5.74) is 8.77. The van der Waals surface area contributed by atoms with Gasteiger partial charge in [-0.05, 0) is 44.2 Å². The van der Waals surface area contributed by atoms with E-state index in [2.05, 4.69) is 25.1 Å². The number of thiocarbonyl (C=S) groups is 1. The molecule has 1 aliphatic carbocycles. The van der Waals surface area contributed by atoms with E-state index in [0.717, 1.165) is 37.9 Å². The Morgan fingerprint density at radius 1 is 1.42 bits per heavy atom. The Kier molecular flexibility index (Phi) is 2.86. The minimum absolute atomic E-state index is 0.102. The molecule has 2 N–H and O–H groups in total. The molecule has 1 fully saturated rings. The lowest BCUT2D eigenvalue weighted by atomic mass is 9.97. The molecule has 0 aromatic heterocycles. The number of aryl methyl sites for hydroxylation is 2. The maximum atomic E-state index is 12.7. The Labute approximate surface area is 118 Å². The maximum absolute atomic E-state index is 12.7. The molecule has 4 heteroatoms. The van der Waals surface area contributed by atoms with Crippen molar-refractivity contribution < 1.29 is 4.79 Å². The van der Waals surface area contributed by atoms with Gasteiger partial charge in [0.2, 0.25) is 5.91 Å². The van der Waals surface area contributed by atoms with Crippen LogP contribution in [0.25, 0.3) is 0 Å². The van der Waals surface area contributed by atoms with Crippen molar-refractivity contribution in [1.29, 1.82) is 0 Å². The van der Waals surface area contributed by atoms with Crippen molar-refractivity contribution in [2.45, 2.75) is 32.6 Å². The molecule has 0 spiro atoms. The fourth-order valence-electron chi connectivity index (χ4n) is 2.89. The van der Waals surface area contributed by atoms with Crippen molar-refractivity contribution >= 4 is 28.8 Å². The third-order valence-electron chi connectivity index (χ3n) is 4.23. The van der Waals surface area contributed by atoms with Gasteiger partial charge in [0.05, 0.1) is 10.4 Å². The van der Waals surface area contributed by atoms with E-state index >= 15 is 0 Å². The maximum Gasteiger partial charge on any atom is 0.240 e. The van der Waals surface area contributed by atoms with E-state index in [9.17, 15) is 4.79 Å². The second-order valence-electron chi connectivity index (χ2n) is 5.64. The van der Waals surface area contributed by atoms with E-state index in [4.69, 9.17) is 18.0 Å². The highest BCUT2D eigenvalue weighted by Crippen LogP contribution is 2.48. The molecule has 3 nitrogen and oxygen atoms in total. The van der Waals surface area contributed by atoms with Crippen LogP contribution in [-0.2, 0) is 11.2 Å². The van der Waals surface area contributed by atoms with Gasteiger partial charge in [0.1, 0.15) is 0 Å². The molecular formula is C15H18N2OS. The normalized spacial score (nSPS) is 19.7. The van der Waals surface area contributed by atoms with Crippen LogP contribution in [0.2, 0.25) is 0 Å². The number of hydrogen-bond acceptors (Lipinski definition) is 2. The number of fused-ring (bicyclic) bond motifs is 1. The number of rotatable bonds is 2. The number of hydrogen-bond donors (Lipinski definition) is 1. The fourth-order valence-corrected chi connectivity index (χ4v) is 3.18. The van der Waals surface area contributed by atoms with Gasteiger partial charge in [0, 0.05) is 12.2 Å². The van der Waals surface area contributed by atoms with E-state index in [1.807, 2.05) is 4.90 Å². The zero-order chi connectivity index (χ0) is 13.6. The largest absolute Gasteiger partial charge is 0.392 e. The van der Waals surface area contributed by atoms with Gasteiger partial charge in [-0.3, -0.25) is 4.79 Å². The number of nitrogens with two attached hydrogens (primary N) is 1. The van der Waals surface area contributed by atoms with Crippen molar-refractivity contribution in [3.63, 3.8) is 0 Å². The van der Waals surface area contributed by atoms with Gasteiger partial charge in [-0.15, -0.1) is 0 Å². The number of anilines is 1. The van der Waals surface area contributed by atoms with Gasteiger partial charge in [-0.2, -0.15) is 0 Å². The van der Waals surface area contributed by atoms with E-state index in [0.29, 0.717) is 4.99 Å². The zero-order valence-corrected chi connectivity index (χ0v) is 11.9. The molecule has 3 rings (SSSR count). The molecule has 0 unspecified atom stereocenters. The molecule has 1 saturated carbocycles. The molecule has 1 aromatic carbocycles. The number of carbonyl (C=O) groups is 1. The van der Waals surface area contributed by atoms with E-state index in [1.165, 1.54) is 11.1 Å². The van der Waals surface area contributed by atoms with Crippen LogP contribution in [0, 0.1) is 12.3 Å². The quantitative estimate of drug-likeness (QED) is 0.842. The third-order valence-corrected chi connectivity index (χ3v) is 4.62. The van der Waals surface area contributed by atoms with Crippen LogP contribution in [0.3, 0.4) is 0 Å². The highest BCUT2D eigenvalue weighted by Gasteiger charge is 2.54. The summed E-state index contributed by atoms with van der Waals surface area (Å²) in [6.07, 6.45) is 3.66. The van der Waals surface area contributed by atoms with Gasteiger partial charge in [-0.1, -0.05) is 29.9 Å². The number of amides is 1. The SMILES string of the molecule is Cc1ccc2c(c1)CCCN2C(=O)C1(C(N)=S)CC1. The molecule has 0 atom stereocenters. The van der Waals surface area contributed by atoms with Gasteiger partial charge < -0.3 is 10.6 Å². The molecule has 0 radical (unpaired) electrons. The summed E-state index contributed by atoms with van der Waals surface area (Å²) in [6.45, 7) is 2.86. The summed E-state index contributed by atoms with van der Waals surface area (Å²) in [4.78, 5) is 15.0. The van der Waals surface area contributed by atoms with Crippen LogP contribution in [0.1, 0.15) is 30.4 Å². The Hall–Kier alpha value is -1.42. The minimum atomic E-state index is -0.547. The third kappa shape index (κ3) is 1.94. The lowest BCUT2D eigenvalue weighted by Gasteiger charge is -2.32. The fraction of sp³-hybridized carbons (Fsp3) is 0.467. The Balaban J connectivity index is 1.96. The Bertz CT molecular complexity index is 563. The van der Waals surface area contributed by atoms with Gasteiger partial charge >= 0.3 is 0 Å². The van der Waals surface area contributed by atoms with Crippen LogP contribution >= 0.6 is 12.2 Å². The van der Waals surface area contributed by atoms with E-state index < -0.39 is 5.41 Å². The highest BCUT2D eigenvalue weighted by atomic mass is 32.1. The standard InChI is InChI=1S/C15H18N2OS/c1-10-4-5-12-11(9-10)3-2-8-17(12)14(18)15(6-7-15)13(16)19/h4-5,9H,2-3,6-8H2,1H3,(H2,16,19). The number of carbonyl (C=O) groups excluding carboxylic acids is 1. The van der Waals surface area contributed by atoms with E-state index in [-0.39, 0.29) is 5.91 Å². The van der Waals surface area contributed by atoms with Crippen molar-refractivity contribution in [2.24, 2.45) is 11.1 Å². The summed E-state index contributed by atoms with van der Waals surface area (Å²) in [7, 11) is 0. The Morgan fingerprint density at radius 2 is 2.16 bits per heavy atom. The molecular weight excluding hydrogens is 256 g/mol. The average molecular weight is 274 g/mol. The molecule has 19 heavy (non-hydrogen) atoms. The predicted octanol–water partition coefficient (Wildman–Crippen LogP) is 2.34. The monoisotopic (exact) mass is 274 g/mol. The van der Waals surface area contributed by atoms with Gasteiger partial charge in [0.25, 0.3) is 0 Å². The number of benzene rings is 1. The van der Waals surface area contributed by atoms with Crippen LogP contribution in [0.15, 0.2) is 18.2 Å². The molecule has 0 bridgehead atoms. The molecule has 1 heterocycles.